The van der Waals surface area contributed by atoms with Crippen LogP contribution in [0.5, 0.6) is 0 Å². The molecule has 4 amide bonds. The minimum Gasteiger partial charge on any atom is -0.368 e. The smallest absolute Gasteiger partial charge is 0.332 e. The number of nitrogens with zero attached hydrogens (tertiary/aromatic N) is 3. The van der Waals surface area contributed by atoms with E-state index < -0.39 is 11.0 Å². The molecule has 166 valence electrons. The van der Waals surface area contributed by atoms with Crippen molar-refractivity contribution in [2.75, 3.05) is 15.5 Å². The fourth-order valence-corrected chi connectivity index (χ4v) is 4.64. The molecule has 3 heterocycles. The summed E-state index contributed by atoms with van der Waals surface area (Å²) in [5.41, 5.74) is 1.61. The summed E-state index contributed by atoms with van der Waals surface area (Å²) in [6, 6.07) is 8.99. The standard InChI is InChI=1S/C24H27N5O3/c1-14(2)26-19-11-15(7-10-25-19)13-28-22(32)29(21(31)23(28,3)4)16-5-6-17-18(12-16)27-20(30)24(17)8-9-24/h5-7,10-12,14H,8-9,13H2,1-4H3,(H,25,26)(H,27,30). The normalized spacial score (nSPS) is 20.2. The predicted molar refractivity (Wildman–Crippen MR) is 121 cm³/mol. The van der Waals surface area contributed by atoms with Gasteiger partial charge in [-0.05, 0) is 75.9 Å². The van der Waals surface area contributed by atoms with E-state index in [0.29, 0.717) is 11.4 Å². The van der Waals surface area contributed by atoms with Gasteiger partial charge in [-0.1, -0.05) is 6.07 Å². The zero-order chi connectivity index (χ0) is 22.8. The van der Waals surface area contributed by atoms with Crippen LogP contribution in [0.3, 0.4) is 0 Å². The van der Waals surface area contributed by atoms with Crippen LogP contribution < -0.4 is 15.5 Å². The minimum absolute atomic E-state index is 0.00850. The summed E-state index contributed by atoms with van der Waals surface area (Å²) in [6.45, 7) is 7.87. The largest absolute Gasteiger partial charge is 0.368 e. The van der Waals surface area contributed by atoms with Crippen LogP contribution in [0.2, 0.25) is 0 Å². The summed E-state index contributed by atoms with van der Waals surface area (Å²) >= 11 is 0. The molecule has 1 aromatic heterocycles. The molecule has 2 N–H and O–H groups in total. The number of nitrogens with one attached hydrogen (secondary N) is 2. The second-order valence-corrected chi connectivity index (χ2v) is 9.68. The van der Waals surface area contributed by atoms with E-state index in [0.717, 1.165) is 29.8 Å². The average molecular weight is 434 g/mol. The van der Waals surface area contributed by atoms with Crippen LogP contribution in [0.1, 0.15) is 51.7 Å². The van der Waals surface area contributed by atoms with Crippen molar-refractivity contribution >= 4 is 35.0 Å². The first kappa shape index (κ1) is 20.5. The van der Waals surface area contributed by atoms with E-state index >= 15 is 0 Å². The van der Waals surface area contributed by atoms with Gasteiger partial charge in [-0.2, -0.15) is 0 Å². The maximum Gasteiger partial charge on any atom is 0.332 e. The first-order valence-corrected chi connectivity index (χ1v) is 11.0. The summed E-state index contributed by atoms with van der Waals surface area (Å²) in [5.74, 6) is 0.449. The lowest BCUT2D eigenvalue weighted by molar-refractivity contribution is -0.123. The Hall–Kier alpha value is -3.42. The maximum absolute atomic E-state index is 13.4. The number of anilines is 3. The summed E-state index contributed by atoms with van der Waals surface area (Å²) in [4.78, 5) is 46.2. The van der Waals surface area contributed by atoms with Gasteiger partial charge in [-0.3, -0.25) is 9.59 Å². The number of benzene rings is 1. The van der Waals surface area contributed by atoms with Crippen molar-refractivity contribution in [1.29, 1.82) is 0 Å². The van der Waals surface area contributed by atoms with Gasteiger partial charge in [0.05, 0.1) is 11.1 Å². The van der Waals surface area contributed by atoms with E-state index in [1.54, 1.807) is 37.1 Å². The molecule has 0 unspecified atom stereocenters. The Morgan fingerprint density at radius 1 is 1.12 bits per heavy atom. The summed E-state index contributed by atoms with van der Waals surface area (Å²) in [5, 5.41) is 6.18. The number of hydrogen-bond acceptors (Lipinski definition) is 5. The third kappa shape index (κ3) is 2.97. The number of fused-ring (bicyclic) bond motifs is 2. The fourth-order valence-electron chi connectivity index (χ4n) is 4.64. The predicted octanol–water partition coefficient (Wildman–Crippen LogP) is 3.63. The van der Waals surface area contributed by atoms with E-state index in [9.17, 15) is 14.4 Å². The van der Waals surface area contributed by atoms with Crippen LogP contribution in [-0.4, -0.2) is 39.3 Å². The molecule has 1 saturated carbocycles. The molecular formula is C24H27N5O3. The summed E-state index contributed by atoms with van der Waals surface area (Å²) in [7, 11) is 0. The number of aromatic nitrogens is 1. The Morgan fingerprint density at radius 2 is 1.88 bits per heavy atom. The Balaban J connectivity index is 1.43. The topological polar surface area (TPSA) is 94.6 Å². The summed E-state index contributed by atoms with van der Waals surface area (Å²) in [6.07, 6.45) is 3.38. The Morgan fingerprint density at radius 3 is 2.56 bits per heavy atom. The second-order valence-electron chi connectivity index (χ2n) is 9.68. The molecule has 1 saturated heterocycles. The molecule has 8 nitrogen and oxygen atoms in total. The highest BCUT2D eigenvalue weighted by molar-refractivity contribution is 6.23. The highest BCUT2D eigenvalue weighted by Gasteiger charge is 2.57. The van der Waals surface area contributed by atoms with Gasteiger partial charge in [0, 0.05) is 24.5 Å². The number of carbonyl (C=O) groups excluding carboxylic acids is 3. The molecule has 2 aromatic rings. The molecule has 1 aromatic carbocycles. The number of imide groups is 1. The first-order valence-electron chi connectivity index (χ1n) is 11.0. The van der Waals surface area contributed by atoms with E-state index in [1.165, 1.54) is 4.90 Å². The van der Waals surface area contributed by atoms with Gasteiger partial charge in [-0.15, -0.1) is 0 Å². The number of rotatable bonds is 5. The minimum atomic E-state index is -1.01. The number of carbonyl (C=O) groups is 3. The van der Waals surface area contributed by atoms with Crippen molar-refractivity contribution in [3.63, 3.8) is 0 Å². The first-order chi connectivity index (χ1) is 15.1. The molecule has 32 heavy (non-hydrogen) atoms. The van der Waals surface area contributed by atoms with Gasteiger partial charge in [-0.25, -0.2) is 14.7 Å². The summed E-state index contributed by atoms with van der Waals surface area (Å²) < 4.78 is 0. The molecule has 2 aliphatic heterocycles. The zero-order valence-corrected chi connectivity index (χ0v) is 18.7. The van der Waals surface area contributed by atoms with E-state index in [4.69, 9.17) is 0 Å². The highest BCUT2D eigenvalue weighted by atomic mass is 16.2. The lowest BCUT2D eigenvalue weighted by atomic mass is 9.97. The van der Waals surface area contributed by atoms with Gasteiger partial charge in [0.2, 0.25) is 5.91 Å². The van der Waals surface area contributed by atoms with E-state index in [2.05, 4.69) is 15.6 Å². The number of amides is 4. The van der Waals surface area contributed by atoms with Crippen LogP contribution in [0.4, 0.5) is 22.0 Å². The van der Waals surface area contributed by atoms with Crippen molar-refractivity contribution in [2.24, 2.45) is 0 Å². The van der Waals surface area contributed by atoms with Crippen LogP contribution >= 0.6 is 0 Å². The molecule has 5 rings (SSSR count). The molecule has 1 aliphatic carbocycles. The molecule has 8 heteroatoms. The Bertz CT molecular complexity index is 1150. The number of urea groups is 1. The van der Waals surface area contributed by atoms with Crippen LogP contribution in [0.15, 0.2) is 36.5 Å². The van der Waals surface area contributed by atoms with E-state index in [1.807, 2.05) is 32.0 Å². The van der Waals surface area contributed by atoms with Gasteiger partial charge in [0.25, 0.3) is 5.91 Å². The second kappa shape index (κ2) is 6.79. The Kier molecular flexibility index (Phi) is 4.34. The number of pyridine rings is 1. The van der Waals surface area contributed by atoms with Crippen molar-refractivity contribution < 1.29 is 14.4 Å². The fraction of sp³-hybridized carbons (Fsp3) is 0.417. The van der Waals surface area contributed by atoms with Crippen LogP contribution in [-0.2, 0) is 21.5 Å². The molecule has 0 radical (unpaired) electrons. The molecule has 1 spiro atoms. The SMILES string of the molecule is CC(C)Nc1cc(CN2C(=O)N(c3ccc4c(c3)NC(=O)C43CC3)C(=O)C2(C)C)ccn1. The number of hydrogen-bond donors (Lipinski definition) is 2. The van der Waals surface area contributed by atoms with E-state index in [-0.39, 0.29) is 30.4 Å². The third-order valence-electron chi connectivity index (χ3n) is 6.63. The quantitative estimate of drug-likeness (QED) is 0.702. The van der Waals surface area contributed by atoms with Gasteiger partial charge in [0.1, 0.15) is 11.4 Å². The lowest BCUT2D eigenvalue weighted by Crippen LogP contribution is -2.43. The lowest BCUT2D eigenvalue weighted by Gasteiger charge is -2.27. The molecule has 3 aliphatic rings. The molecule has 0 bridgehead atoms. The molecule has 2 fully saturated rings. The maximum atomic E-state index is 13.4. The average Bonchev–Trinajstić information content (AvgIpc) is 3.45. The van der Waals surface area contributed by atoms with Crippen molar-refractivity contribution in [3.8, 4) is 0 Å². The van der Waals surface area contributed by atoms with Gasteiger partial charge in [0.15, 0.2) is 0 Å². The zero-order valence-electron chi connectivity index (χ0n) is 18.7. The molecular weight excluding hydrogens is 406 g/mol. The third-order valence-corrected chi connectivity index (χ3v) is 6.63. The van der Waals surface area contributed by atoms with Gasteiger partial charge >= 0.3 is 6.03 Å². The Labute approximate surface area is 187 Å². The highest BCUT2D eigenvalue weighted by Crippen LogP contribution is 2.55. The monoisotopic (exact) mass is 433 g/mol. The molecule has 0 atom stereocenters. The van der Waals surface area contributed by atoms with Crippen molar-refractivity contribution in [3.05, 3.63) is 47.7 Å². The van der Waals surface area contributed by atoms with Crippen LogP contribution in [0.25, 0.3) is 0 Å². The van der Waals surface area contributed by atoms with Crippen molar-refractivity contribution in [1.82, 2.24) is 9.88 Å². The van der Waals surface area contributed by atoms with Crippen molar-refractivity contribution in [2.45, 2.75) is 64.1 Å². The van der Waals surface area contributed by atoms with Gasteiger partial charge < -0.3 is 15.5 Å². The van der Waals surface area contributed by atoms with Crippen LogP contribution in [0, 0.1) is 0 Å².